The maximum Gasteiger partial charge on any atom is 0.271 e. The number of anilines is 1. The summed E-state index contributed by atoms with van der Waals surface area (Å²) in [7, 11) is 0. The summed E-state index contributed by atoms with van der Waals surface area (Å²) in [5.74, 6) is -0.163. The SMILES string of the molecule is O=C(CCc1ncc(-c2ccccc2F)o1)Nc1cccc([N+](=O)[O-])c1. The molecule has 3 aromatic rings. The molecule has 0 saturated carbocycles. The minimum absolute atomic E-state index is 0.0694. The van der Waals surface area contributed by atoms with Crippen LogP contribution in [-0.4, -0.2) is 15.8 Å². The van der Waals surface area contributed by atoms with Crippen LogP contribution in [0.25, 0.3) is 11.3 Å². The number of aromatic nitrogens is 1. The Morgan fingerprint density at radius 2 is 2.04 bits per heavy atom. The van der Waals surface area contributed by atoms with Crippen molar-refractivity contribution in [3.05, 3.63) is 76.6 Å². The molecule has 0 bridgehead atoms. The lowest BCUT2D eigenvalue weighted by atomic mass is 10.2. The van der Waals surface area contributed by atoms with E-state index in [9.17, 15) is 19.3 Å². The van der Waals surface area contributed by atoms with Gasteiger partial charge in [-0.1, -0.05) is 18.2 Å². The van der Waals surface area contributed by atoms with Crippen LogP contribution < -0.4 is 5.32 Å². The van der Waals surface area contributed by atoms with Crippen molar-refractivity contribution in [2.75, 3.05) is 5.32 Å². The molecule has 26 heavy (non-hydrogen) atoms. The maximum absolute atomic E-state index is 13.7. The minimum Gasteiger partial charge on any atom is -0.441 e. The number of carbonyl (C=O) groups is 1. The van der Waals surface area contributed by atoms with E-state index in [1.807, 2.05) is 0 Å². The molecule has 0 aliphatic heterocycles. The number of nitrogens with zero attached hydrogens (tertiary/aromatic N) is 2. The van der Waals surface area contributed by atoms with E-state index in [2.05, 4.69) is 10.3 Å². The highest BCUT2D eigenvalue weighted by atomic mass is 19.1. The molecule has 132 valence electrons. The lowest BCUT2D eigenvalue weighted by Crippen LogP contribution is -2.12. The van der Waals surface area contributed by atoms with Gasteiger partial charge in [0.2, 0.25) is 5.91 Å². The third-order valence-corrected chi connectivity index (χ3v) is 3.60. The number of benzene rings is 2. The van der Waals surface area contributed by atoms with E-state index in [4.69, 9.17) is 4.42 Å². The van der Waals surface area contributed by atoms with Crippen molar-refractivity contribution < 1.29 is 18.5 Å². The fourth-order valence-corrected chi connectivity index (χ4v) is 2.35. The summed E-state index contributed by atoms with van der Waals surface area (Å²) in [5.41, 5.74) is 0.529. The van der Waals surface area contributed by atoms with Crippen LogP contribution in [0, 0.1) is 15.9 Å². The standard InChI is InChI=1S/C18H14FN3O4/c19-15-7-2-1-6-14(15)16-11-20-18(26-16)9-8-17(23)21-12-4-3-5-13(10-12)22(24)25/h1-7,10-11H,8-9H2,(H,21,23). The number of aryl methyl sites for hydroxylation is 1. The molecule has 7 nitrogen and oxygen atoms in total. The van der Waals surface area contributed by atoms with Gasteiger partial charge in [0.05, 0.1) is 16.7 Å². The van der Waals surface area contributed by atoms with Gasteiger partial charge in [0.25, 0.3) is 5.69 Å². The van der Waals surface area contributed by atoms with E-state index < -0.39 is 10.7 Å². The van der Waals surface area contributed by atoms with Crippen LogP contribution >= 0.6 is 0 Å². The summed E-state index contributed by atoms with van der Waals surface area (Å²) in [6, 6.07) is 11.8. The Balaban J connectivity index is 1.59. The van der Waals surface area contributed by atoms with E-state index in [1.165, 1.54) is 30.5 Å². The van der Waals surface area contributed by atoms with Crippen LogP contribution in [0.3, 0.4) is 0 Å². The number of halogens is 1. The minimum atomic E-state index is -0.535. The normalized spacial score (nSPS) is 10.5. The van der Waals surface area contributed by atoms with Gasteiger partial charge in [0.1, 0.15) is 5.82 Å². The molecule has 0 spiro atoms. The van der Waals surface area contributed by atoms with Crippen LogP contribution in [0.15, 0.2) is 59.1 Å². The highest BCUT2D eigenvalue weighted by molar-refractivity contribution is 5.91. The average molecular weight is 355 g/mol. The number of hydrogen-bond donors (Lipinski definition) is 1. The predicted molar refractivity (Wildman–Crippen MR) is 91.9 cm³/mol. The molecule has 8 heteroatoms. The molecule has 0 radical (unpaired) electrons. The highest BCUT2D eigenvalue weighted by Gasteiger charge is 2.12. The van der Waals surface area contributed by atoms with Gasteiger partial charge in [-0.2, -0.15) is 0 Å². The number of carbonyl (C=O) groups excluding carboxylic acids is 1. The smallest absolute Gasteiger partial charge is 0.271 e. The number of hydrogen-bond acceptors (Lipinski definition) is 5. The summed E-state index contributed by atoms with van der Waals surface area (Å²) >= 11 is 0. The van der Waals surface area contributed by atoms with Crippen molar-refractivity contribution in [1.29, 1.82) is 0 Å². The molecule has 0 fully saturated rings. The Hall–Kier alpha value is -3.55. The lowest BCUT2D eigenvalue weighted by molar-refractivity contribution is -0.384. The Bertz CT molecular complexity index is 955. The largest absolute Gasteiger partial charge is 0.441 e. The first-order valence-electron chi connectivity index (χ1n) is 7.77. The first kappa shape index (κ1) is 17.3. The van der Waals surface area contributed by atoms with Crippen molar-refractivity contribution in [2.45, 2.75) is 12.8 Å². The van der Waals surface area contributed by atoms with E-state index >= 15 is 0 Å². The van der Waals surface area contributed by atoms with Gasteiger partial charge in [0.15, 0.2) is 11.7 Å². The second kappa shape index (κ2) is 7.56. The molecule has 1 amide bonds. The Morgan fingerprint density at radius 3 is 2.81 bits per heavy atom. The van der Waals surface area contributed by atoms with Crippen molar-refractivity contribution in [3.63, 3.8) is 0 Å². The van der Waals surface area contributed by atoms with Crippen LogP contribution in [-0.2, 0) is 11.2 Å². The quantitative estimate of drug-likeness (QED) is 0.533. The molecule has 2 aromatic carbocycles. The Morgan fingerprint density at radius 1 is 1.23 bits per heavy atom. The monoisotopic (exact) mass is 355 g/mol. The van der Waals surface area contributed by atoms with Crippen LogP contribution in [0.5, 0.6) is 0 Å². The van der Waals surface area contributed by atoms with Gasteiger partial charge >= 0.3 is 0 Å². The molecule has 1 N–H and O–H groups in total. The van der Waals surface area contributed by atoms with Gasteiger partial charge in [-0.25, -0.2) is 9.37 Å². The third kappa shape index (κ3) is 4.10. The van der Waals surface area contributed by atoms with Gasteiger partial charge in [0, 0.05) is 30.7 Å². The molecule has 0 saturated heterocycles. The second-order valence-electron chi connectivity index (χ2n) is 5.45. The third-order valence-electron chi connectivity index (χ3n) is 3.60. The van der Waals surface area contributed by atoms with Gasteiger partial charge in [-0.3, -0.25) is 14.9 Å². The van der Waals surface area contributed by atoms with Crippen LogP contribution in [0.2, 0.25) is 0 Å². The summed E-state index contributed by atoms with van der Waals surface area (Å²) < 4.78 is 19.2. The summed E-state index contributed by atoms with van der Waals surface area (Å²) in [5, 5.41) is 13.3. The summed E-state index contributed by atoms with van der Waals surface area (Å²) in [6.45, 7) is 0. The first-order valence-corrected chi connectivity index (χ1v) is 7.77. The Labute approximate surface area is 147 Å². The molecule has 0 atom stereocenters. The molecule has 0 aliphatic rings. The molecule has 0 aliphatic carbocycles. The van der Waals surface area contributed by atoms with Gasteiger partial charge < -0.3 is 9.73 Å². The number of oxazole rings is 1. The number of amides is 1. The number of nitro groups is 1. The molecule has 0 unspecified atom stereocenters. The van der Waals surface area contributed by atoms with E-state index in [-0.39, 0.29) is 30.2 Å². The predicted octanol–water partition coefficient (Wildman–Crippen LogP) is 3.96. The molecular weight excluding hydrogens is 341 g/mol. The number of nitro benzene ring substituents is 1. The summed E-state index contributed by atoms with van der Waals surface area (Å²) in [4.78, 5) is 26.2. The lowest BCUT2D eigenvalue weighted by Gasteiger charge is -2.04. The molecule has 1 heterocycles. The first-order chi connectivity index (χ1) is 12.5. The maximum atomic E-state index is 13.7. The van der Waals surface area contributed by atoms with Gasteiger partial charge in [-0.15, -0.1) is 0 Å². The molecular formula is C18H14FN3O4. The number of non-ortho nitro benzene ring substituents is 1. The molecule has 1 aromatic heterocycles. The zero-order valence-electron chi connectivity index (χ0n) is 13.5. The van der Waals surface area contributed by atoms with E-state index in [1.54, 1.807) is 24.3 Å². The summed E-state index contributed by atoms with van der Waals surface area (Å²) in [6.07, 6.45) is 1.70. The van der Waals surface area contributed by atoms with Crippen molar-refractivity contribution >= 4 is 17.3 Å². The van der Waals surface area contributed by atoms with Crippen LogP contribution in [0.1, 0.15) is 12.3 Å². The van der Waals surface area contributed by atoms with Crippen LogP contribution in [0.4, 0.5) is 15.8 Å². The zero-order chi connectivity index (χ0) is 18.5. The highest BCUT2D eigenvalue weighted by Crippen LogP contribution is 2.23. The van der Waals surface area contributed by atoms with E-state index in [0.29, 0.717) is 17.1 Å². The van der Waals surface area contributed by atoms with Crippen molar-refractivity contribution in [1.82, 2.24) is 4.98 Å². The number of rotatable bonds is 6. The van der Waals surface area contributed by atoms with Crippen molar-refractivity contribution in [3.8, 4) is 11.3 Å². The topological polar surface area (TPSA) is 98.3 Å². The fraction of sp³-hybridized carbons (Fsp3) is 0.111. The van der Waals surface area contributed by atoms with E-state index in [0.717, 1.165) is 0 Å². The molecule has 3 rings (SSSR count). The van der Waals surface area contributed by atoms with Gasteiger partial charge in [-0.05, 0) is 18.2 Å². The average Bonchev–Trinajstić information content (AvgIpc) is 3.09. The number of nitrogens with one attached hydrogen (secondary N) is 1. The zero-order valence-corrected chi connectivity index (χ0v) is 13.5. The van der Waals surface area contributed by atoms with Crippen molar-refractivity contribution in [2.24, 2.45) is 0 Å². The Kier molecular flexibility index (Phi) is 5.02. The fourth-order valence-electron chi connectivity index (χ4n) is 2.35. The second-order valence-corrected chi connectivity index (χ2v) is 5.45.